The molecule has 1 aliphatic heterocycles. The van der Waals surface area contributed by atoms with Gasteiger partial charge in [0, 0.05) is 18.3 Å². The first-order valence-electron chi connectivity index (χ1n) is 3.88. The van der Waals surface area contributed by atoms with Gasteiger partial charge in [-0.3, -0.25) is 4.79 Å². The molecule has 4 nitrogen and oxygen atoms in total. The molecule has 70 valence electrons. The molecule has 1 saturated heterocycles. The summed E-state index contributed by atoms with van der Waals surface area (Å²) in [5, 5.41) is 8.89. The number of halogens is 1. The smallest absolute Gasteiger partial charge is 0.222 e. The molecular formula is C7H8ClN3OS. The Labute approximate surface area is 84.3 Å². The maximum atomic E-state index is 10.9. The van der Waals surface area contributed by atoms with Crippen molar-refractivity contribution in [3.8, 4) is 0 Å². The van der Waals surface area contributed by atoms with Crippen molar-refractivity contribution in [1.82, 2.24) is 10.3 Å². The summed E-state index contributed by atoms with van der Waals surface area (Å²) in [6.45, 7) is 0.663. The summed E-state index contributed by atoms with van der Waals surface area (Å²) < 4.78 is 0. The highest BCUT2D eigenvalue weighted by molar-refractivity contribution is 7.14. The zero-order valence-corrected chi connectivity index (χ0v) is 8.28. The average molecular weight is 218 g/mol. The van der Waals surface area contributed by atoms with Gasteiger partial charge in [-0.15, -0.1) is 11.3 Å². The van der Waals surface area contributed by atoms with Gasteiger partial charge < -0.3 is 10.6 Å². The third kappa shape index (κ3) is 2.10. The minimum atomic E-state index is 0.0835. The Morgan fingerprint density at radius 1 is 1.77 bits per heavy atom. The van der Waals surface area contributed by atoms with E-state index < -0.39 is 0 Å². The van der Waals surface area contributed by atoms with E-state index >= 15 is 0 Å². The van der Waals surface area contributed by atoms with Gasteiger partial charge in [0.15, 0.2) is 5.13 Å². The molecule has 1 amide bonds. The summed E-state index contributed by atoms with van der Waals surface area (Å²) in [7, 11) is 0. The van der Waals surface area contributed by atoms with E-state index in [0.29, 0.717) is 18.1 Å². The highest BCUT2D eigenvalue weighted by Gasteiger charge is 2.21. The Kier molecular flexibility index (Phi) is 2.37. The van der Waals surface area contributed by atoms with Gasteiger partial charge in [-0.25, -0.2) is 4.98 Å². The van der Waals surface area contributed by atoms with Gasteiger partial charge in [-0.1, -0.05) is 11.6 Å². The van der Waals surface area contributed by atoms with Crippen LogP contribution in [0.3, 0.4) is 0 Å². The van der Waals surface area contributed by atoms with Crippen LogP contribution >= 0.6 is 22.9 Å². The number of aromatic nitrogens is 1. The molecule has 0 bridgehead atoms. The number of carbonyl (C=O) groups excluding carboxylic acids is 1. The van der Waals surface area contributed by atoms with E-state index in [1.807, 2.05) is 0 Å². The van der Waals surface area contributed by atoms with Crippen molar-refractivity contribution in [3.05, 3.63) is 10.5 Å². The zero-order chi connectivity index (χ0) is 9.26. The SMILES string of the molecule is O=C1CC(Nc2nc(Cl)cs2)CN1. The van der Waals surface area contributed by atoms with Crippen molar-refractivity contribution in [2.24, 2.45) is 0 Å². The van der Waals surface area contributed by atoms with Crippen LogP contribution in [0.2, 0.25) is 5.15 Å². The zero-order valence-electron chi connectivity index (χ0n) is 6.71. The van der Waals surface area contributed by atoms with E-state index in [-0.39, 0.29) is 11.9 Å². The molecule has 6 heteroatoms. The lowest BCUT2D eigenvalue weighted by molar-refractivity contribution is -0.119. The molecule has 1 atom stereocenters. The van der Waals surface area contributed by atoms with E-state index in [9.17, 15) is 4.79 Å². The van der Waals surface area contributed by atoms with Crippen LogP contribution in [0.25, 0.3) is 0 Å². The van der Waals surface area contributed by atoms with Crippen molar-refractivity contribution in [3.63, 3.8) is 0 Å². The number of anilines is 1. The summed E-state index contributed by atoms with van der Waals surface area (Å²) >= 11 is 7.10. The fourth-order valence-electron chi connectivity index (χ4n) is 1.20. The van der Waals surface area contributed by atoms with Crippen LogP contribution in [0.15, 0.2) is 5.38 Å². The summed E-state index contributed by atoms with van der Waals surface area (Å²) in [4.78, 5) is 14.9. The van der Waals surface area contributed by atoms with Crippen molar-refractivity contribution in [1.29, 1.82) is 0 Å². The van der Waals surface area contributed by atoms with Gasteiger partial charge in [-0.05, 0) is 0 Å². The predicted octanol–water partition coefficient (Wildman–Crippen LogP) is 1.10. The van der Waals surface area contributed by atoms with Crippen LogP contribution in [0.1, 0.15) is 6.42 Å². The van der Waals surface area contributed by atoms with E-state index in [0.717, 1.165) is 5.13 Å². The highest BCUT2D eigenvalue weighted by atomic mass is 35.5. The first kappa shape index (κ1) is 8.77. The first-order valence-corrected chi connectivity index (χ1v) is 5.14. The number of hydrogen-bond acceptors (Lipinski definition) is 4. The Hall–Kier alpha value is -0.810. The maximum Gasteiger partial charge on any atom is 0.222 e. The Morgan fingerprint density at radius 3 is 3.15 bits per heavy atom. The number of hydrogen-bond donors (Lipinski definition) is 2. The molecule has 2 rings (SSSR count). The second-order valence-electron chi connectivity index (χ2n) is 2.82. The Morgan fingerprint density at radius 2 is 2.62 bits per heavy atom. The molecule has 1 fully saturated rings. The number of thiazole rings is 1. The monoisotopic (exact) mass is 217 g/mol. The molecule has 2 N–H and O–H groups in total. The van der Waals surface area contributed by atoms with Crippen molar-refractivity contribution < 1.29 is 4.79 Å². The summed E-state index contributed by atoms with van der Waals surface area (Å²) in [6, 6.07) is 0.148. The standard InChI is InChI=1S/C7H8ClN3OS/c8-5-3-13-7(11-5)10-4-1-6(12)9-2-4/h3-4H,1-2H2,(H,9,12)(H,10,11). The quantitative estimate of drug-likeness (QED) is 0.780. The number of nitrogens with zero attached hydrogens (tertiary/aromatic N) is 1. The normalized spacial score (nSPS) is 21.6. The maximum absolute atomic E-state index is 10.9. The molecule has 0 aliphatic carbocycles. The van der Waals surface area contributed by atoms with Crippen LogP contribution in [-0.4, -0.2) is 23.5 Å². The molecule has 2 heterocycles. The molecule has 0 spiro atoms. The van der Waals surface area contributed by atoms with E-state index in [2.05, 4.69) is 15.6 Å². The average Bonchev–Trinajstić information content (AvgIpc) is 2.62. The first-order chi connectivity index (χ1) is 6.24. The van der Waals surface area contributed by atoms with E-state index in [1.54, 1.807) is 5.38 Å². The fourth-order valence-corrected chi connectivity index (χ4v) is 2.12. The van der Waals surface area contributed by atoms with Gasteiger partial charge in [0.05, 0.1) is 6.04 Å². The lowest BCUT2D eigenvalue weighted by atomic mass is 10.3. The van der Waals surface area contributed by atoms with Crippen LogP contribution in [0.5, 0.6) is 0 Å². The molecule has 13 heavy (non-hydrogen) atoms. The minimum absolute atomic E-state index is 0.0835. The van der Waals surface area contributed by atoms with Crippen LogP contribution < -0.4 is 10.6 Å². The van der Waals surface area contributed by atoms with Crippen LogP contribution in [-0.2, 0) is 4.79 Å². The Balaban J connectivity index is 1.95. The summed E-state index contributed by atoms with van der Waals surface area (Å²) in [5.74, 6) is 0.0835. The number of carbonyl (C=O) groups is 1. The molecule has 0 aromatic carbocycles. The molecular weight excluding hydrogens is 210 g/mol. The second kappa shape index (κ2) is 3.51. The summed E-state index contributed by atoms with van der Waals surface area (Å²) in [6.07, 6.45) is 0.511. The lowest BCUT2D eigenvalue weighted by Gasteiger charge is -2.07. The van der Waals surface area contributed by atoms with Crippen LogP contribution in [0.4, 0.5) is 5.13 Å². The number of nitrogens with one attached hydrogen (secondary N) is 2. The van der Waals surface area contributed by atoms with Gasteiger partial charge >= 0.3 is 0 Å². The largest absolute Gasteiger partial charge is 0.356 e. The fraction of sp³-hybridized carbons (Fsp3) is 0.429. The van der Waals surface area contributed by atoms with Gasteiger partial charge in [-0.2, -0.15) is 0 Å². The Bertz CT molecular complexity index is 327. The van der Waals surface area contributed by atoms with Gasteiger partial charge in [0.25, 0.3) is 0 Å². The van der Waals surface area contributed by atoms with E-state index in [1.165, 1.54) is 11.3 Å². The molecule has 0 radical (unpaired) electrons. The molecule has 1 unspecified atom stereocenters. The predicted molar refractivity (Wildman–Crippen MR) is 52.2 cm³/mol. The second-order valence-corrected chi connectivity index (χ2v) is 4.07. The lowest BCUT2D eigenvalue weighted by Crippen LogP contribution is -2.22. The van der Waals surface area contributed by atoms with Crippen molar-refractivity contribution in [2.45, 2.75) is 12.5 Å². The molecule has 1 aliphatic rings. The van der Waals surface area contributed by atoms with Gasteiger partial charge in [0.2, 0.25) is 5.91 Å². The number of rotatable bonds is 2. The van der Waals surface area contributed by atoms with E-state index in [4.69, 9.17) is 11.6 Å². The third-order valence-corrected chi connectivity index (χ3v) is 2.88. The van der Waals surface area contributed by atoms with Crippen LogP contribution in [0, 0.1) is 0 Å². The number of amides is 1. The van der Waals surface area contributed by atoms with Crippen molar-refractivity contribution >= 4 is 34.0 Å². The minimum Gasteiger partial charge on any atom is -0.356 e. The topological polar surface area (TPSA) is 54.0 Å². The third-order valence-electron chi connectivity index (χ3n) is 1.78. The van der Waals surface area contributed by atoms with Crippen molar-refractivity contribution in [2.75, 3.05) is 11.9 Å². The molecule has 0 saturated carbocycles. The van der Waals surface area contributed by atoms with Gasteiger partial charge in [0.1, 0.15) is 5.15 Å². The molecule has 1 aromatic heterocycles. The molecule has 1 aromatic rings. The summed E-state index contributed by atoms with van der Waals surface area (Å²) in [5.41, 5.74) is 0. The highest BCUT2D eigenvalue weighted by Crippen LogP contribution is 2.20.